The molecule has 0 saturated heterocycles. The molecule has 5 heteroatoms. The predicted molar refractivity (Wildman–Crippen MR) is 89.2 cm³/mol. The van der Waals surface area contributed by atoms with Crippen molar-refractivity contribution in [2.75, 3.05) is 12.0 Å². The second-order valence-corrected chi connectivity index (χ2v) is 6.77. The summed E-state index contributed by atoms with van der Waals surface area (Å²) in [5.74, 6) is 6.84. The monoisotopic (exact) mass is 310 g/mol. The summed E-state index contributed by atoms with van der Waals surface area (Å²) in [7, 11) is 0. The van der Waals surface area contributed by atoms with E-state index in [4.69, 9.17) is 17.4 Å². The number of pyridine rings is 1. The highest BCUT2D eigenvalue weighted by atomic mass is 35.5. The van der Waals surface area contributed by atoms with Crippen molar-refractivity contribution < 1.29 is 0 Å². The van der Waals surface area contributed by atoms with Crippen LogP contribution < -0.4 is 11.3 Å². The first-order chi connectivity index (χ1) is 10.1. The summed E-state index contributed by atoms with van der Waals surface area (Å²) in [6.45, 7) is 6.47. The van der Waals surface area contributed by atoms with Gasteiger partial charge in [0.15, 0.2) is 0 Å². The molecule has 1 aromatic heterocycles. The molecule has 2 rings (SSSR count). The number of halogens is 1. The number of nitrogen functional groups attached to an aromatic ring is 1. The van der Waals surface area contributed by atoms with Crippen LogP contribution in [0.2, 0.25) is 5.02 Å². The van der Waals surface area contributed by atoms with E-state index >= 15 is 0 Å². The lowest BCUT2D eigenvalue weighted by Crippen LogP contribution is -2.34. The van der Waals surface area contributed by atoms with Crippen LogP contribution in [0.15, 0.2) is 12.1 Å². The number of hydrogen-bond donors (Lipinski definition) is 2. The first-order valence-corrected chi connectivity index (χ1v) is 8.34. The van der Waals surface area contributed by atoms with Crippen LogP contribution in [-0.2, 0) is 6.54 Å². The third kappa shape index (κ3) is 4.83. The third-order valence-corrected chi connectivity index (χ3v) is 4.60. The Bertz CT molecular complexity index is 444. The lowest BCUT2D eigenvalue weighted by atomic mass is 10.1. The van der Waals surface area contributed by atoms with Crippen molar-refractivity contribution in [3.63, 3.8) is 0 Å². The molecule has 1 heterocycles. The topological polar surface area (TPSA) is 54.2 Å². The van der Waals surface area contributed by atoms with Crippen LogP contribution in [0.4, 0.5) is 5.82 Å². The molecule has 0 aliphatic heterocycles. The lowest BCUT2D eigenvalue weighted by Gasteiger charge is -2.29. The molecule has 0 aromatic carbocycles. The van der Waals surface area contributed by atoms with E-state index in [-0.39, 0.29) is 0 Å². The molecular formula is C16H27ClN4. The summed E-state index contributed by atoms with van der Waals surface area (Å²) in [5.41, 5.74) is 3.52. The van der Waals surface area contributed by atoms with Crippen molar-refractivity contribution >= 4 is 17.4 Å². The SMILES string of the molecule is CC(C)CCN(Cc1nc(NN)ccc1Cl)C1CCCC1. The smallest absolute Gasteiger partial charge is 0.140 e. The lowest BCUT2D eigenvalue weighted by molar-refractivity contribution is 0.177. The molecule has 0 amide bonds. The van der Waals surface area contributed by atoms with Crippen molar-refractivity contribution in [1.82, 2.24) is 9.88 Å². The summed E-state index contributed by atoms with van der Waals surface area (Å²) in [4.78, 5) is 7.08. The summed E-state index contributed by atoms with van der Waals surface area (Å²) < 4.78 is 0. The Kier molecular flexibility index (Phi) is 6.27. The molecule has 0 atom stereocenters. The fraction of sp³-hybridized carbons (Fsp3) is 0.688. The molecule has 0 unspecified atom stereocenters. The molecule has 118 valence electrons. The van der Waals surface area contributed by atoms with Gasteiger partial charge in [0.25, 0.3) is 0 Å². The fourth-order valence-electron chi connectivity index (χ4n) is 2.95. The van der Waals surface area contributed by atoms with E-state index in [9.17, 15) is 0 Å². The van der Waals surface area contributed by atoms with Gasteiger partial charge in [0.1, 0.15) is 5.82 Å². The van der Waals surface area contributed by atoms with Gasteiger partial charge in [0.2, 0.25) is 0 Å². The number of anilines is 1. The average molecular weight is 311 g/mol. The molecule has 21 heavy (non-hydrogen) atoms. The van der Waals surface area contributed by atoms with Crippen molar-refractivity contribution in [3.05, 3.63) is 22.8 Å². The summed E-state index contributed by atoms with van der Waals surface area (Å²) in [6.07, 6.45) is 6.49. The summed E-state index contributed by atoms with van der Waals surface area (Å²) >= 11 is 6.31. The van der Waals surface area contributed by atoms with Gasteiger partial charge in [0, 0.05) is 12.6 Å². The van der Waals surface area contributed by atoms with Gasteiger partial charge >= 0.3 is 0 Å². The second kappa shape index (κ2) is 7.97. The minimum absolute atomic E-state index is 0.671. The molecule has 1 aliphatic rings. The minimum Gasteiger partial charge on any atom is -0.308 e. The van der Waals surface area contributed by atoms with Gasteiger partial charge in [-0.1, -0.05) is 38.3 Å². The van der Waals surface area contributed by atoms with Gasteiger partial charge in [-0.2, -0.15) is 0 Å². The third-order valence-electron chi connectivity index (χ3n) is 4.25. The van der Waals surface area contributed by atoms with Gasteiger partial charge in [0.05, 0.1) is 10.7 Å². The van der Waals surface area contributed by atoms with Gasteiger partial charge in [-0.25, -0.2) is 10.8 Å². The van der Waals surface area contributed by atoms with Crippen LogP contribution >= 0.6 is 11.6 Å². The summed E-state index contributed by atoms with van der Waals surface area (Å²) in [5, 5.41) is 0.724. The Morgan fingerprint density at radius 3 is 2.71 bits per heavy atom. The van der Waals surface area contributed by atoms with Crippen molar-refractivity contribution in [2.24, 2.45) is 11.8 Å². The fourth-order valence-corrected chi connectivity index (χ4v) is 3.12. The maximum atomic E-state index is 6.31. The van der Waals surface area contributed by atoms with Gasteiger partial charge in [-0.3, -0.25) is 4.90 Å². The highest BCUT2D eigenvalue weighted by Gasteiger charge is 2.23. The molecule has 1 saturated carbocycles. The molecule has 3 N–H and O–H groups in total. The van der Waals surface area contributed by atoms with Gasteiger partial charge in [-0.15, -0.1) is 0 Å². The van der Waals surface area contributed by atoms with Crippen molar-refractivity contribution in [1.29, 1.82) is 0 Å². The quantitative estimate of drug-likeness (QED) is 0.594. The number of hydrazine groups is 1. The number of nitrogens with one attached hydrogen (secondary N) is 1. The van der Waals surface area contributed by atoms with E-state index in [2.05, 4.69) is 29.2 Å². The van der Waals surface area contributed by atoms with Gasteiger partial charge in [-0.05, 0) is 43.9 Å². The van der Waals surface area contributed by atoms with Crippen LogP contribution in [0, 0.1) is 5.92 Å². The van der Waals surface area contributed by atoms with Crippen LogP contribution in [0.5, 0.6) is 0 Å². The highest BCUT2D eigenvalue weighted by molar-refractivity contribution is 6.31. The Hall–Kier alpha value is -0.840. The van der Waals surface area contributed by atoms with E-state index < -0.39 is 0 Å². The number of hydrogen-bond acceptors (Lipinski definition) is 4. The Morgan fingerprint density at radius 2 is 2.10 bits per heavy atom. The Morgan fingerprint density at radius 1 is 1.38 bits per heavy atom. The molecule has 0 bridgehead atoms. The standard InChI is InChI=1S/C16H27ClN4/c1-12(2)9-10-21(13-5-3-4-6-13)11-15-14(17)7-8-16(19-15)20-18/h7-8,12-13H,3-6,9-11,18H2,1-2H3,(H,19,20). The molecule has 1 aliphatic carbocycles. The normalized spacial score (nSPS) is 16.1. The second-order valence-electron chi connectivity index (χ2n) is 6.36. The zero-order valence-corrected chi connectivity index (χ0v) is 13.9. The van der Waals surface area contributed by atoms with Crippen molar-refractivity contribution in [3.8, 4) is 0 Å². The van der Waals surface area contributed by atoms with E-state index in [0.717, 1.165) is 29.7 Å². The largest absolute Gasteiger partial charge is 0.308 e. The van der Waals surface area contributed by atoms with Crippen LogP contribution in [0.25, 0.3) is 0 Å². The first-order valence-electron chi connectivity index (χ1n) is 7.96. The summed E-state index contributed by atoms with van der Waals surface area (Å²) in [6, 6.07) is 4.35. The minimum atomic E-state index is 0.671. The first kappa shape index (κ1) is 16.5. The van der Waals surface area contributed by atoms with E-state index in [1.165, 1.54) is 32.1 Å². The molecule has 1 aromatic rings. The van der Waals surface area contributed by atoms with E-state index in [1.54, 1.807) is 6.07 Å². The molecule has 1 fully saturated rings. The number of nitrogens with two attached hydrogens (primary N) is 1. The van der Waals surface area contributed by atoms with Gasteiger partial charge < -0.3 is 5.43 Å². The Balaban J connectivity index is 2.09. The number of rotatable bonds is 7. The predicted octanol–water partition coefficient (Wildman–Crippen LogP) is 3.81. The number of aromatic nitrogens is 1. The molecule has 0 radical (unpaired) electrons. The average Bonchev–Trinajstić information content (AvgIpc) is 2.99. The van der Waals surface area contributed by atoms with Crippen LogP contribution in [0.3, 0.4) is 0 Å². The zero-order valence-electron chi connectivity index (χ0n) is 13.1. The van der Waals surface area contributed by atoms with E-state index in [0.29, 0.717) is 11.9 Å². The molecule has 0 spiro atoms. The van der Waals surface area contributed by atoms with Crippen LogP contribution in [-0.4, -0.2) is 22.5 Å². The maximum Gasteiger partial charge on any atom is 0.140 e. The van der Waals surface area contributed by atoms with Crippen LogP contribution in [0.1, 0.15) is 51.6 Å². The highest BCUT2D eigenvalue weighted by Crippen LogP contribution is 2.27. The zero-order chi connectivity index (χ0) is 15.2. The van der Waals surface area contributed by atoms with Crippen molar-refractivity contribution in [2.45, 2.75) is 58.5 Å². The number of nitrogens with zero attached hydrogens (tertiary/aromatic N) is 2. The Labute approximate surface area is 133 Å². The molecular weight excluding hydrogens is 284 g/mol. The molecule has 4 nitrogen and oxygen atoms in total. The maximum absolute atomic E-state index is 6.31. The van der Waals surface area contributed by atoms with E-state index in [1.807, 2.05) is 6.07 Å².